The first kappa shape index (κ1) is 16.6. The van der Waals surface area contributed by atoms with Crippen LogP contribution in [0.15, 0.2) is 54.6 Å². The van der Waals surface area contributed by atoms with Crippen molar-refractivity contribution in [2.24, 2.45) is 0 Å². The number of non-ortho nitro benzene ring substituents is 1. The number of aliphatic hydroxyl groups excluding tert-OH is 1. The molecule has 0 aliphatic rings. The van der Waals surface area contributed by atoms with Gasteiger partial charge < -0.3 is 10.4 Å². The van der Waals surface area contributed by atoms with E-state index in [0.717, 1.165) is 5.56 Å². The molecule has 0 aliphatic heterocycles. The topological polar surface area (TPSA) is 92.5 Å². The molecule has 2 rings (SSSR count). The third-order valence-corrected chi connectivity index (χ3v) is 3.41. The molecule has 1 amide bonds. The number of nitrogens with zero attached hydrogens (tertiary/aromatic N) is 1. The van der Waals surface area contributed by atoms with Crippen LogP contribution in [0.3, 0.4) is 0 Å². The summed E-state index contributed by atoms with van der Waals surface area (Å²) >= 11 is 0. The van der Waals surface area contributed by atoms with Crippen molar-refractivity contribution in [1.29, 1.82) is 0 Å². The zero-order valence-corrected chi connectivity index (χ0v) is 12.5. The minimum atomic E-state index is -0.630. The molecule has 0 heterocycles. The lowest BCUT2D eigenvalue weighted by molar-refractivity contribution is -0.384. The second-order valence-electron chi connectivity index (χ2n) is 5.17. The van der Waals surface area contributed by atoms with Crippen molar-refractivity contribution in [2.75, 3.05) is 6.54 Å². The monoisotopic (exact) mass is 314 g/mol. The molecule has 1 unspecified atom stereocenters. The van der Waals surface area contributed by atoms with Gasteiger partial charge in [-0.3, -0.25) is 14.9 Å². The number of nitro groups is 1. The van der Waals surface area contributed by atoms with Gasteiger partial charge in [0.05, 0.1) is 17.4 Å². The van der Waals surface area contributed by atoms with Gasteiger partial charge in [-0.2, -0.15) is 0 Å². The average Bonchev–Trinajstić information content (AvgIpc) is 2.55. The summed E-state index contributed by atoms with van der Waals surface area (Å²) in [6.07, 6.45) is -0.150. The van der Waals surface area contributed by atoms with Gasteiger partial charge in [0.25, 0.3) is 5.69 Å². The smallest absolute Gasteiger partial charge is 0.269 e. The average molecular weight is 314 g/mol. The van der Waals surface area contributed by atoms with Gasteiger partial charge in [0, 0.05) is 18.7 Å². The van der Waals surface area contributed by atoms with Crippen molar-refractivity contribution in [3.05, 3.63) is 75.8 Å². The van der Waals surface area contributed by atoms with E-state index in [1.54, 1.807) is 12.1 Å². The Labute approximate surface area is 133 Å². The number of hydrogen-bond donors (Lipinski definition) is 2. The predicted molar refractivity (Wildman–Crippen MR) is 85.8 cm³/mol. The van der Waals surface area contributed by atoms with E-state index in [9.17, 15) is 20.0 Å². The van der Waals surface area contributed by atoms with E-state index < -0.39 is 11.0 Å². The summed E-state index contributed by atoms with van der Waals surface area (Å²) in [6, 6.07) is 15.2. The summed E-state index contributed by atoms with van der Waals surface area (Å²) in [4.78, 5) is 22.1. The molecule has 23 heavy (non-hydrogen) atoms. The summed E-state index contributed by atoms with van der Waals surface area (Å²) < 4.78 is 0. The minimum absolute atomic E-state index is 0.0326. The summed E-state index contributed by atoms with van der Waals surface area (Å²) in [7, 11) is 0. The van der Waals surface area contributed by atoms with Gasteiger partial charge in [0.2, 0.25) is 5.91 Å². The number of amides is 1. The Morgan fingerprint density at radius 2 is 1.91 bits per heavy atom. The van der Waals surface area contributed by atoms with E-state index in [0.29, 0.717) is 18.5 Å². The van der Waals surface area contributed by atoms with Gasteiger partial charge in [-0.25, -0.2) is 0 Å². The zero-order chi connectivity index (χ0) is 16.7. The van der Waals surface area contributed by atoms with Gasteiger partial charge in [-0.1, -0.05) is 42.5 Å². The maximum Gasteiger partial charge on any atom is 0.269 e. The Bertz CT molecular complexity index is 673. The Morgan fingerprint density at radius 1 is 1.17 bits per heavy atom. The Kier molecular flexibility index (Phi) is 5.82. The highest BCUT2D eigenvalue weighted by Crippen LogP contribution is 2.15. The minimum Gasteiger partial charge on any atom is -0.388 e. The molecule has 120 valence electrons. The van der Waals surface area contributed by atoms with Crippen LogP contribution in [0.4, 0.5) is 5.69 Å². The number of hydrogen-bond acceptors (Lipinski definition) is 4. The fraction of sp³-hybridized carbons (Fsp3) is 0.235. The van der Waals surface area contributed by atoms with E-state index in [-0.39, 0.29) is 18.0 Å². The summed E-state index contributed by atoms with van der Waals surface area (Å²) in [5.41, 5.74) is 1.36. The third kappa shape index (κ3) is 5.19. The van der Waals surface area contributed by atoms with Crippen molar-refractivity contribution < 1.29 is 14.8 Å². The fourth-order valence-electron chi connectivity index (χ4n) is 2.22. The molecule has 0 bridgehead atoms. The molecule has 0 radical (unpaired) electrons. The van der Waals surface area contributed by atoms with Crippen LogP contribution in [0.1, 0.15) is 23.7 Å². The number of aliphatic hydroxyl groups is 1. The number of carbonyl (C=O) groups excluding carboxylic acids is 1. The van der Waals surface area contributed by atoms with Crippen LogP contribution < -0.4 is 5.32 Å². The lowest BCUT2D eigenvalue weighted by atomic mass is 10.1. The van der Waals surface area contributed by atoms with Crippen LogP contribution >= 0.6 is 0 Å². The summed E-state index contributed by atoms with van der Waals surface area (Å²) in [6.45, 7) is 0.337. The van der Waals surface area contributed by atoms with Crippen molar-refractivity contribution in [3.8, 4) is 0 Å². The second-order valence-corrected chi connectivity index (χ2v) is 5.17. The SMILES string of the molecule is O=C(Cc1cccc([N+](=O)[O-])c1)NCCC(O)c1ccccc1. The molecule has 0 spiro atoms. The standard InChI is InChI=1S/C17H18N2O4/c20-16(14-6-2-1-3-7-14)9-10-18-17(21)12-13-5-4-8-15(11-13)19(22)23/h1-8,11,16,20H,9-10,12H2,(H,18,21). The molecule has 0 aliphatic carbocycles. The van der Waals surface area contributed by atoms with Crippen LogP contribution in [0.25, 0.3) is 0 Å². The van der Waals surface area contributed by atoms with E-state index in [1.165, 1.54) is 12.1 Å². The fourth-order valence-corrected chi connectivity index (χ4v) is 2.22. The van der Waals surface area contributed by atoms with Gasteiger partial charge in [-0.05, 0) is 17.5 Å². The summed E-state index contributed by atoms with van der Waals surface area (Å²) in [5, 5.41) is 23.4. The number of nitro benzene ring substituents is 1. The zero-order valence-electron chi connectivity index (χ0n) is 12.5. The van der Waals surface area contributed by atoms with Crippen molar-refractivity contribution in [3.63, 3.8) is 0 Å². The first-order valence-corrected chi connectivity index (χ1v) is 7.29. The number of nitrogens with one attached hydrogen (secondary N) is 1. The van der Waals surface area contributed by atoms with Crippen LogP contribution in [0.2, 0.25) is 0 Å². The van der Waals surface area contributed by atoms with Crippen LogP contribution in [-0.4, -0.2) is 22.5 Å². The van der Waals surface area contributed by atoms with Gasteiger partial charge in [0.1, 0.15) is 0 Å². The second kappa shape index (κ2) is 8.05. The van der Waals surface area contributed by atoms with E-state index in [1.807, 2.05) is 30.3 Å². The molecule has 1 atom stereocenters. The maximum atomic E-state index is 11.8. The van der Waals surface area contributed by atoms with Crippen molar-refractivity contribution >= 4 is 11.6 Å². The first-order valence-electron chi connectivity index (χ1n) is 7.29. The van der Waals surface area contributed by atoms with Gasteiger partial charge in [0.15, 0.2) is 0 Å². The van der Waals surface area contributed by atoms with E-state index in [4.69, 9.17) is 0 Å². The molecule has 0 saturated carbocycles. The largest absolute Gasteiger partial charge is 0.388 e. The molecular weight excluding hydrogens is 296 g/mol. The Hall–Kier alpha value is -2.73. The molecule has 2 aromatic rings. The van der Waals surface area contributed by atoms with Crippen molar-refractivity contribution in [2.45, 2.75) is 18.9 Å². The number of rotatable bonds is 7. The Morgan fingerprint density at radius 3 is 2.61 bits per heavy atom. The lowest BCUT2D eigenvalue weighted by Crippen LogP contribution is -2.27. The molecule has 6 heteroatoms. The lowest BCUT2D eigenvalue weighted by Gasteiger charge is -2.11. The summed E-state index contributed by atoms with van der Waals surface area (Å²) in [5.74, 6) is -0.231. The molecule has 0 saturated heterocycles. The number of benzene rings is 2. The first-order chi connectivity index (χ1) is 11.1. The molecule has 2 aromatic carbocycles. The van der Waals surface area contributed by atoms with Crippen molar-refractivity contribution in [1.82, 2.24) is 5.32 Å². The normalized spacial score (nSPS) is 11.7. The maximum absolute atomic E-state index is 11.8. The predicted octanol–water partition coefficient (Wildman–Crippen LogP) is 2.38. The van der Waals surface area contributed by atoms with Crippen LogP contribution in [0, 0.1) is 10.1 Å². The van der Waals surface area contributed by atoms with Crippen LogP contribution in [0.5, 0.6) is 0 Å². The quantitative estimate of drug-likeness (QED) is 0.606. The molecule has 2 N–H and O–H groups in total. The number of carbonyl (C=O) groups is 1. The highest BCUT2D eigenvalue weighted by Gasteiger charge is 2.10. The molecule has 6 nitrogen and oxygen atoms in total. The molecular formula is C17H18N2O4. The van der Waals surface area contributed by atoms with Gasteiger partial charge >= 0.3 is 0 Å². The van der Waals surface area contributed by atoms with Gasteiger partial charge in [-0.15, -0.1) is 0 Å². The Balaban J connectivity index is 1.79. The highest BCUT2D eigenvalue weighted by molar-refractivity contribution is 5.78. The van der Waals surface area contributed by atoms with E-state index >= 15 is 0 Å². The molecule has 0 aromatic heterocycles. The van der Waals surface area contributed by atoms with E-state index in [2.05, 4.69) is 5.32 Å². The van der Waals surface area contributed by atoms with Crippen LogP contribution in [-0.2, 0) is 11.2 Å². The molecule has 0 fully saturated rings. The highest BCUT2D eigenvalue weighted by atomic mass is 16.6. The third-order valence-electron chi connectivity index (χ3n) is 3.41.